The van der Waals surface area contributed by atoms with E-state index in [4.69, 9.17) is 9.15 Å². The molecule has 0 radical (unpaired) electrons. The topological polar surface area (TPSA) is 51.5 Å². The van der Waals surface area contributed by atoms with Gasteiger partial charge in [0.05, 0.1) is 13.2 Å². The molecule has 0 aliphatic carbocycles. The van der Waals surface area contributed by atoms with Crippen molar-refractivity contribution in [2.45, 2.75) is 13.0 Å². The minimum Gasteiger partial charge on any atom is -0.494 e. The van der Waals surface area contributed by atoms with Crippen molar-refractivity contribution in [3.8, 4) is 5.75 Å². The summed E-state index contributed by atoms with van der Waals surface area (Å²) < 4.78 is 24.2. The van der Waals surface area contributed by atoms with Gasteiger partial charge < -0.3 is 14.5 Å². The molecule has 1 aromatic heterocycles. The molecule has 0 saturated heterocycles. The molecule has 1 heterocycles. The molecule has 3 aromatic rings. The van der Waals surface area contributed by atoms with Crippen molar-refractivity contribution in [2.75, 3.05) is 7.11 Å². The van der Waals surface area contributed by atoms with Gasteiger partial charge in [-0.2, -0.15) is 0 Å². The maximum Gasteiger partial charge on any atom is 0.244 e. The summed E-state index contributed by atoms with van der Waals surface area (Å²) in [6.07, 6.45) is 2.91. The highest BCUT2D eigenvalue weighted by Gasteiger charge is 2.12. The third kappa shape index (κ3) is 3.88. The predicted molar refractivity (Wildman–Crippen MR) is 94.8 cm³/mol. The maximum atomic E-state index is 13.6. The highest BCUT2D eigenvalue weighted by molar-refractivity contribution is 5.92. The summed E-state index contributed by atoms with van der Waals surface area (Å²) in [5, 5.41) is 3.82. The van der Waals surface area contributed by atoms with Crippen LogP contribution < -0.4 is 10.1 Å². The highest BCUT2D eigenvalue weighted by atomic mass is 19.1. The Balaban J connectivity index is 1.66. The smallest absolute Gasteiger partial charge is 0.244 e. The van der Waals surface area contributed by atoms with E-state index in [1.807, 2.05) is 37.3 Å². The molecule has 0 fully saturated rings. The Morgan fingerprint density at radius 3 is 2.76 bits per heavy atom. The molecule has 0 spiro atoms. The fraction of sp³-hybridized carbons (Fsp3) is 0.150. The maximum absolute atomic E-state index is 13.6. The van der Waals surface area contributed by atoms with Crippen molar-refractivity contribution >= 4 is 23.0 Å². The molecule has 0 saturated carbocycles. The number of rotatable bonds is 5. The third-order valence-electron chi connectivity index (χ3n) is 3.83. The lowest BCUT2D eigenvalue weighted by Crippen LogP contribution is -2.24. The number of hydrogen-bond donors (Lipinski definition) is 1. The summed E-state index contributed by atoms with van der Waals surface area (Å²) in [5.74, 6) is 0.0865. The van der Waals surface area contributed by atoms with Gasteiger partial charge in [0.1, 0.15) is 11.3 Å². The standard InChI is InChI=1S/C20H18FNO3/c1-13(19-12-15-5-3-4-6-17(15)25-19)22-20(23)10-8-14-7-9-18(24-2)16(21)11-14/h3-13H,1-2H3,(H,22,23)/b10-8+/t13-/m1/s1. The minimum atomic E-state index is -0.472. The van der Waals surface area contributed by atoms with Gasteiger partial charge in [-0.15, -0.1) is 0 Å². The van der Waals surface area contributed by atoms with Crippen molar-refractivity contribution < 1.29 is 18.3 Å². The van der Waals surface area contributed by atoms with E-state index in [0.717, 1.165) is 11.0 Å². The van der Waals surface area contributed by atoms with Gasteiger partial charge in [0, 0.05) is 11.5 Å². The quantitative estimate of drug-likeness (QED) is 0.698. The number of carbonyl (C=O) groups excluding carboxylic acids is 1. The first-order valence-electron chi connectivity index (χ1n) is 7.87. The second-order valence-corrected chi connectivity index (χ2v) is 5.64. The number of furan rings is 1. The van der Waals surface area contributed by atoms with Crippen molar-refractivity contribution in [1.82, 2.24) is 5.32 Å². The van der Waals surface area contributed by atoms with Gasteiger partial charge in [-0.1, -0.05) is 24.3 Å². The van der Waals surface area contributed by atoms with E-state index in [9.17, 15) is 9.18 Å². The highest BCUT2D eigenvalue weighted by Crippen LogP contribution is 2.23. The van der Waals surface area contributed by atoms with E-state index < -0.39 is 5.82 Å². The van der Waals surface area contributed by atoms with Crippen LogP contribution in [-0.2, 0) is 4.79 Å². The molecule has 1 atom stereocenters. The number of amides is 1. The van der Waals surface area contributed by atoms with Crippen LogP contribution in [0.3, 0.4) is 0 Å². The SMILES string of the molecule is COc1ccc(/C=C/C(=O)N[C@H](C)c2cc3ccccc3o2)cc1F. The number of halogens is 1. The fourth-order valence-electron chi connectivity index (χ4n) is 2.51. The molecule has 4 nitrogen and oxygen atoms in total. The van der Waals surface area contributed by atoms with Crippen LogP contribution in [0.25, 0.3) is 17.0 Å². The summed E-state index contributed by atoms with van der Waals surface area (Å²) in [4.78, 5) is 12.1. The molecular weight excluding hydrogens is 321 g/mol. The summed E-state index contributed by atoms with van der Waals surface area (Å²) >= 11 is 0. The molecule has 0 aliphatic rings. The first kappa shape index (κ1) is 16.8. The van der Waals surface area contributed by atoms with Gasteiger partial charge in [0.2, 0.25) is 5.91 Å². The average Bonchev–Trinajstić information content (AvgIpc) is 3.04. The number of hydrogen-bond acceptors (Lipinski definition) is 3. The Labute approximate surface area is 144 Å². The van der Waals surface area contributed by atoms with Crippen molar-refractivity contribution in [3.63, 3.8) is 0 Å². The van der Waals surface area contributed by atoms with Crippen LogP contribution in [0, 0.1) is 5.82 Å². The number of fused-ring (bicyclic) bond motifs is 1. The normalized spacial score (nSPS) is 12.4. The van der Waals surface area contributed by atoms with Gasteiger partial charge in [0.15, 0.2) is 11.6 Å². The van der Waals surface area contributed by atoms with Gasteiger partial charge >= 0.3 is 0 Å². The van der Waals surface area contributed by atoms with Crippen LogP contribution in [0.15, 0.2) is 59.0 Å². The van der Waals surface area contributed by atoms with E-state index in [0.29, 0.717) is 11.3 Å². The van der Waals surface area contributed by atoms with Crippen LogP contribution in [0.1, 0.15) is 24.3 Å². The fourth-order valence-corrected chi connectivity index (χ4v) is 2.51. The van der Waals surface area contributed by atoms with E-state index in [2.05, 4.69) is 5.32 Å². The van der Waals surface area contributed by atoms with E-state index in [-0.39, 0.29) is 17.7 Å². The van der Waals surface area contributed by atoms with Gasteiger partial charge in [0.25, 0.3) is 0 Å². The Kier molecular flexibility index (Phi) is 4.84. The number of carbonyl (C=O) groups is 1. The van der Waals surface area contributed by atoms with Gasteiger partial charge in [-0.05, 0) is 42.8 Å². The Morgan fingerprint density at radius 2 is 2.04 bits per heavy atom. The molecule has 0 bridgehead atoms. The molecule has 3 rings (SSSR count). The van der Waals surface area contributed by atoms with Crippen LogP contribution >= 0.6 is 0 Å². The summed E-state index contributed by atoms with van der Waals surface area (Å²) in [6.45, 7) is 1.84. The summed E-state index contributed by atoms with van der Waals surface area (Å²) in [7, 11) is 1.40. The van der Waals surface area contributed by atoms with Crippen molar-refractivity contribution in [3.05, 3.63) is 71.7 Å². The molecular formula is C20H18FNO3. The van der Waals surface area contributed by atoms with Gasteiger partial charge in [-0.3, -0.25) is 4.79 Å². The van der Waals surface area contributed by atoms with E-state index in [1.165, 1.54) is 25.3 Å². The lowest BCUT2D eigenvalue weighted by Gasteiger charge is -2.09. The zero-order valence-electron chi connectivity index (χ0n) is 14.0. The van der Waals surface area contributed by atoms with Crippen LogP contribution in [0.5, 0.6) is 5.75 Å². The molecule has 1 N–H and O–H groups in total. The van der Waals surface area contributed by atoms with E-state index in [1.54, 1.807) is 12.1 Å². The molecule has 2 aromatic carbocycles. The van der Waals surface area contributed by atoms with Crippen LogP contribution in [-0.4, -0.2) is 13.0 Å². The second kappa shape index (κ2) is 7.21. The molecule has 5 heteroatoms. The Hall–Kier alpha value is -3.08. The molecule has 0 unspecified atom stereocenters. The average molecular weight is 339 g/mol. The first-order valence-corrected chi connectivity index (χ1v) is 7.87. The molecule has 25 heavy (non-hydrogen) atoms. The number of para-hydroxylation sites is 1. The zero-order valence-corrected chi connectivity index (χ0v) is 14.0. The van der Waals surface area contributed by atoms with E-state index >= 15 is 0 Å². The molecule has 1 amide bonds. The van der Waals surface area contributed by atoms with Crippen molar-refractivity contribution in [1.29, 1.82) is 0 Å². The lowest BCUT2D eigenvalue weighted by atomic mass is 10.2. The largest absolute Gasteiger partial charge is 0.494 e. The second-order valence-electron chi connectivity index (χ2n) is 5.64. The molecule has 128 valence electrons. The molecule has 0 aliphatic heterocycles. The minimum absolute atomic E-state index is 0.167. The first-order chi connectivity index (χ1) is 12.1. The summed E-state index contributed by atoms with van der Waals surface area (Å²) in [6, 6.07) is 13.8. The lowest BCUT2D eigenvalue weighted by molar-refractivity contribution is -0.117. The monoisotopic (exact) mass is 339 g/mol. The third-order valence-corrected chi connectivity index (χ3v) is 3.83. The summed E-state index contributed by atoms with van der Waals surface area (Å²) in [5.41, 5.74) is 1.35. The number of nitrogens with one attached hydrogen (secondary N) is 1. The van der Waals surface area contributed by atoms with Crippen LogP contribution in [0.4, 0.5) is 4.39 Å². The number of methoxy groups -OCH3 is 1. The van der Waals surface area contributed by atoms with Crippen LogP contribution in [0.2, 0.25) is 0 Å². The van der Waals surface area contributed by atoms with Crippen molar-refractivity contribution in [2.24, 2.45) is 0 Å². The Bertz CT molecular complexity index is 897. The Morgan fingerprint density at radius 1 is 1.24 bits per heavy atom. The zero-order chi connectivity index (χ0) is 17.8. The van der Waals surface area contributed by atoms with Gasteiger partial charge in [-0.25, -0.2) is 4.39 Å². The predicted octanol–water partition coefficient (Wildman–Crippen LogP) is 4.47. The number of ether oxygens (including phenoxy) is 1. The number of benzene rings is 2.